The SMILES string of the molecule is O=c1[nH]c(-c2ccccn2)cc2c1Sc1cc(OC(F)(F)F)ccc1N2. The highest BCUT2D eigenvalue weighted by Gasteiger charge is 2.31. The number of hydrogen-bond donors (Lipinski definition) is 2. The van der Waals surface area contributed by atoms with Crippen molar-refractivity contribution in [2.24, 2.45) is 0 Å². The fourth-order valence-electron chi connectivity index (χ4n) is 2.54. The quantitative estimate of drug-likeness (QED) is 0.537. The third kappa shape index (κ3) is 3.25. The summed E-state index contributed by atoms with van der Waals surface area (Å²) in [6.07, 6.45) is -3.15. The molecule has 0 atom stereocenters. The van der Waals surface area contributed by atoms with Crippen LogP contribution in [-0.4, -0.2) is 16.3 Å². The minimum Gasteiger partial charge on any atom is -0.406 e. The maximum absolute atomic E-state index is 12.4. The molecule has 3 heterocycles. The van der Waals surface area contributed by atoms with Gasteiger partial charge in [-0.2, -0.15) is 0 Å². The average Bonchev–Trinajstić information content (AvgIpc) is 2.60. The molecule has 0 unspecified atom stereocenters. The Bertz CT molecular complexity index is 1040. The van der Waals surface area contributed by atoms with E-state index in [0.29, 0.717) is 32.6 Å². The van der Waals surface area contributed by atoms with Gasteiger partial charge in [0.25, 0.3) is 5.56 Å². The monoisotopic (exact) mass is 377 g/mol. The number of benzene rings is 1. The van der Waals surface area contributed by atoms with E-state index in [4.69, 9.17) is 0 Å². The number of anilines is 2. The Morgan fingerprint density at radius 3 is 2.65 bits per heavy atom. The topological polar surface area (TPSA) is 67.0 Å². The third-order valence-corrected chi connectivity index (χ3v) is 4.76. The van der Waals surface area contributed by atoms with Gasteiger partial charge in [0.15, 0.2) is 0 Å². The number of aromatic nitrogens is 2. The van der Waals surface area contributed by atoms with Crippen molar-refractivity contribution in [2.75, 3.05) is 5.32 Å². The van der Waals surface area contributed by atoms with Gasteiger partial charge in [0, 0.05) is 11.1 Å². The molecule has 0 aliphatic carbocycles. The van der Waals surface area contributed by atoms with E-state index in [1.165, 1.54) is 18.2 Å². The molecule has 2 N–H and O–H groups in total. The van der Waals surface area contributed by atoms with Crippen LogP contribution >= 0.6 is 11.8 Å². The van der Waals surface area contributed by atoms with Crippen molar-refractivity contribution in [1.29, 1.82) is 0 Å². The van der Waals surface area contributed by atoms with Gasteiger partial charge in [-0.1, -0.05) is 17.8 Å². The normalized spacial score (nSPS) is 12.7. The number of H-pyrrole nitrogens is 1. The van der Waals surface area contributed by atoms with E-state index < -0.39 is 6.36 Å². The van der Waals surface area contributed by atoms with Crippen LogP contribution in [0.15, 0.2) is 63.2 Å². The van der Waals surface area contributed by atoms with Crippen LogP contribution < -0.4 is 15.6 Å². The lowest BCUT2D eigenvalue weighted by molar-refractivity contribution is -0.274. The smallest absolute Gasteiger partial charge is 0.406 e. The predicted octanol–water partition coefficient (Wildman–Crippen LogP) is 4.54. The van der Waals surface area contributed by atoms with E-state index in [2.05, 4.69) is 20.0 Å². The summed E-state index contributed by atoms with van der Waals surface area (Å²) >= 11 is 1.08. The van der Waals surface area contributed by atoms with Crippen molar-refractivity contribution in [1.82, 2.24) is 9.97 Å². The third-order valence-electron chi connectivity index (χ3n) is 3.60. The van der Waals surface area contributed by atoms with E-state index >= 15 is 0 Å². The molecule has 0 bridgehead atoms. The van der Waals surface area contributed by atoms with Gasteiger partial charge in [-0.15, -0.1) is 13.2 Å². The number of rotatable bonds is 2. The molecule has 1 aromatic carbocycles. The van der Waals surface area contributed by atoms with Gasteiger partial charge in [-0.3, -0.25) is 9.78 Å². The van der Waals surface area contributed by atoms with Crippen LogP contribution in [-0.2, 0) is 0 Å². The molecule has 0 saturated heterocycles. The Hall–Kier alpha value is -2.94. The highest BCUT2D eigenvalue weighted by atomic mass is 32.2. The Morgan fingerprint density at radius 1 is 1.08 bits per heavy atom. The second-order valence-electron chi connectivity index (χ2n) is 5.40. The zero-order chi connectivity index (χ0) is 18.3. The zero-order valence-corrected chi connectivity index (χ0v) is 13.7. The first-order chi connectivity index (χ1) is 12.4. The fourth-order valence-corrected chi connectivity index (χ4v) is 3.53. The summed E-state index contributed by atoms with van der Waals surface area (Å²) in [6.45, 7) is 0. The molecule has 2 aromatic heterocycles. The molecular weight excluding hydrogens is 367 g/mol. The van der Waals surface area contributed by atoms with E-state index in [1.807, 2.05) is 0 Å². The number of alkyl halides is 3. The van der Waals surface area contributed by atoms with Gasteiger partial charge in [0.05, 0.1) is 22.8 Å². The summed E-state index contributed by atoms with van der Waals surface area (Å²) in [5.41, 5.74) is 1.96. The van der Waals surface area contributed by atoms with Gasteiger partial charge in [-0.05, 0) is 36.4 Å². The molecule has 0 spiro atoms. The Morgan fingerprint density at radius 2 is 1.92 bits per heavy atom. The second kappa shape index (κ2) is 6.10. The van der Waals surface area contributed by atoms with Gasteiger partial charge in [0.1, 0.15) is 10.6 Å². The summed E-state index contributed by atoms with van der Waals surface area (Å²) in [5.74, 6) is -0.337. The molecular formula is C17H10F3N3O2S. The molecule has 0 fully saturated rings. The molecule has 0 saturated carbocycles. The lowest BCUT2D eigenvalue weighted by atomic mass is 10.2. The van der Waals surface area contributed by atoms with Crippen LogP contribution in [0.3, 0.4) is 0 Å². The first-order valence-corrected chi connectivity index (χ1v) is 8.24. The number of pyridine rings is 2. The summed E-state index contributed by atoms with van der Waals surface area (Å²) in [4.78, 5) is 20.2. The largest absolute Gasteiger partial charge is 0.573 e. The van der Waals surface area contributed by atoms with Gasteiger partial charge in [-0.25, -0.2) is 0 Å². The van der Waals surface area contributed by atoms with Gasteiger partial charge >= 0.3 is 6.36 Å². The maximum Gasteiger partial charge on any atom is 0.573 e. The number of nitrogens with zero attached hydrogens (tertiary/aromatic N) is 1. The summed E-state index contributed by atoms with van der Waals surface area (Å²) in [7, 11) is 0. The van der Waals surface area contributed by atoms with E-state index in [0.717, 1.165) is 11.8 Å². The van der Waals surface area contributed by atoms with Crippen LogP contribution in [0, 0.1) is 0 Å². The molecule has 1 aliphatic heterocycles. The summed E-state index contributed by atoms with van der Waals surface area (Å²) in [6, 6.07) is 11.0. The number of nitrogens with one attached hydrogen (secondary N) is 2. The zero-order valence-electron chi connectivity index (χ0n) is 12.9. The number of aromatic amines is 1. The Balaban J connectivity index is 1.71. The molecule has 0 radical (unpaired) electrons. The fraction of sp³-hybridized carbons (Fsp3) is 0.0588. The standard InChI is InChI=1S/C17H10F3N3O2S/c18-17(19,20)25-9-4-5-11-14(7-9)26-15-13(22-11)8-12(23-16(15)24)10-3-1-2-6-21-10/h1-8,22H,(H,23,24). The molecule has 1 aliphatic rings. The van der Waals surface area contributed by atoms with Crippen LogP contribution in [0.4, 0.5) is 24.5 Å². The van der Waals surface area contributed by atoms with E-state index in [1.54, 1.807) is 30.5 Å². The van der Waals surface area contributed by atoms with Crippen molar-refractivity contribution in [3.05, 3.63) is 59.0 Å². The molecule has 5 nitrogen and oxygen atoms in total. The minimum atomic E-state index is -4.77. The van der Waals surface area contributed by atoms with Crippen molar-refractivity contribution in [3.8, 4) is 17.1 Å². The maximum atomic E-state index is 12.4. The summed E-state index contributed by atoms with van der Waals surface area (Å²) in [5, 5.41) is 3.08. The molecule has 26 heavy (non-hydrogen) atoms. The highest BCUT2D eigenvalue weighted by Crippen LogP contribution is 2.44. The number of ether oxygens (including phenoxy) is 1. The van der Waals surface area contributed by atoms with E-state index in [9.17, 15) is 18.0 Å². The molecule has 3 aromatic rings. The highest BCUT2D eigenvalue weighted by molar-refractivity contribution is 7.99. The van der Waals surface area contributed by atoms with Crippen molar-refractivity contribution in [3.63, 3.8) is 0 Å². The molecule has 132 valence electrons. The Kier molecular flexibility index (Phi) is 3.87. The molecule has 4 rings (SSSR count). The molecule has 9 heteroatoms. The van der Waals surface area contributed by atoms with Crippen LogP contribution in [0.5, 0.6) is 5.75 Å². The summed E-state index contributed by atoms with van der Waals surface area (Å²) < 4.78 is 41.1. The second-order valence-corrected chi connectivity index (χ2v) is 6.45. The van der Waals surface area contributed by atoms with E-state index in [-0.39, 0.29) is 11.3 Å². The molecule has 0 amide bonds. The predicted molar refractivity (Wildman–Crippen MR) is 90.8 cm³/mol. The lowest BCUT2D eigenvalue weighted by Crippen LogP contribution is -2.18. The van der Waals surface area contributed by atoms with Gasteiger partial charge < -0.3 is 15.0 Å². The van der Waals surface area contributed by atoms with Crippen molar-refractivity contribution < 1.29 is 17.9 Å². The van der Waals surface area contributed by atoms with Crippen LogP contribution in [0.2, 0.25) is 0 Å². The van der Waals surface area contributed by atoms with Crippen molar-refractivity contribution in [2.45, 2.75) is 16.2 Å². The van der Waals surface area contributed by atoms with Crippen LogP contribution in [0.25, 0.3) is 11.4 Å². The Labute approximate surface area is 149 Å². The van der Waals surface area contributed by atoms with Crippen LogP contribution in [0.1, 0.15) is 0 Å². The number of halogens is 3. The first kappa shape index (κ1) is 16.5. The minimum absolute atomic E-state index is 0.337. The first-order valence-electron chi connectivity index (χ1n) is 7.42. The average molecular weight is 377 g/mol. The number of fused-ring (bicyclic) bond motifs is 2. The van der Waals surface area contributed by atoms with Crippen molar-refractivity contribution >= 4 is 23.1 Å². The lowest BCUT2D eigenvalue weighted by Gasteiger charge is -2.21. The van der Waals surface area contributed by atoms with Gasteiger partial charge in [0.2, 0.25) is 0 Å². The number of hydrogen-bond acceptors (Lipinski definition) is 5.